The van der Waals surface area contributed by atoms with Crippen molar-refractivity contribution in [3.63, 3.8) is 0 Å². The van der Waals surface area contributed by atoms with Gasteiger partial charge in [0.05, 0.1) is 5.56 Å². The molecule has 1 aliphatic rings. The van der Waals surface area contributed by atoms with Crippen LogP contribution in [0.3, 0.4) is 0 Å². The summed E-state index contributed by atoms with van der Waals surface area (Å²) in [6, 6.07) is 0. The zero-order valence-corrected chi connectivity index (χ0v) is 14.1. The molecule has 0 spiro atoms. The summed E-state index contributed by atoms with van der Waals surface area (Å²) < 4.78 is 0. The molecule has 0 aromatic carbocycles. The Morgan fingerprint density at radius 3 is 2.55 bits per heavy atom. The van der Waals surface area contributed by atoms with E-state index in [1.165, 1.54) is 0 Å². The van der Waals surface area contributed by atoms with Crippen molar-refractivity contribution in [1.29, 1.82) is 0 Å². The summed E-state index contributed by atoms with van der Waals surface area (Å²) in [6.45, 7) is 9.20. The number of aliphatic hydroxyl groups excluding tert-OH is 1. The molecule has 5 nitrogen and oxygen atoms in total. The van der Waals surface area contributed by atoms with E-state index in [4.69, 9.17) is 5.11 Å². The maximum atomic E-state index is 12.8. The number of aliphatic hydroxyl groups is 1. The Kier molecular flexibility index (Phi) is 4.85. The van der Waals surface area contributed by atoms with Crippen molar-refractivity contribution in [2.24, 2.45) is 0 Å². The number of amides is 1. The van der Waals surface area contributed by atoms with E-state index in [0.29, 0.717) is 5.56 Å². The number of rotatable bonds is 4. The molecule has 0 radical (unpaired) electrons. The smallest absolute Gasteiger partial charge is 0.257 e. The second kappa shape index (κ2) is 6.32. The molecule has 2 heterocycles. The van der Waals surface area contributed by atoms with E-state index in [0.717, 1.165) is 38.1 Å². The number of carbonyl (C=O) groups is 1. The summed E-state index contributed by atoms with van der Waals surface area (Å²) >= 11 is 0. The number of hydrogen-bond donors (Lipinski definition) is 1. The fourth-order valence-electron chi connectivity index (χ4n) is 3.07. The Balaban J connectivity index is 2.17. The summed E-state index contributed by atoms with van der Waals surface area (Å²) in [6.07, 6.45) is 6.82. The molecule has 122 valence electrons. The van der Waals surface area contributed by atoms with Crippen LogP contribution in [-0.2, 0) is 5.41 Å². The van der Waals surface area contributed by atoms with E-state index in [-0.39, 0.29) is 23.5 Å². The van der Waals surface area contributed by atoms with Crippen LogP contribution in [0.25, 0.3) is 0 Å². The maximum absolute atomic E-state index is 12.8. The lowest BCUT2D eigenvalue weighted by molar-refractivity contribution is 0.0593. The normalized spacial score (nSPS) is 22.1. The average molecular weight is 305 g/mol. The van der Waals surface area contributed by atoms with Crippen LogP contribution >= 0.6 is 0 Å². The largest absolute Gasteiger partial charge is 0.396 e. The molecule has 1 aromatic heterocycles. The molecule has 1 unspecified atom stereocenters. The minimum atomic E-state index is -0.164. The standard InChI is InChI=1S/C17H27N3O2/c1-16(2,3)15-18-11-13(12-19-15)14(22)20-9-5-7-17(20,4)8-6-10-21/h11-12,21H,5-10H2,1-4H3. The number of nitrogens with zero attached hydrogens (tertiary/aromatic N) is 3. The van der Waals surface area contributed by atoms with E-state index in [1.807, 2.05) is 4.90 Å². The van der Waals surface area contributed by atoms with Gasteiger partial charge in [-0.15, -0.1) is 0 Å². The van der Waals surface area contributed by atoms with Gasteiger partial charge >= 0.3 is 0 Å². The lowest BCUT2D eigenvalue weighted by Crippen LogP contribution is -2.45. The lowest BCUT2D eigenvalue weighted by atomic mass is 9.92. The van der Waals surface area contributed by atoms with Crippen LogP contribution in [0.15, 0.2) is 12.4 Å². The van der Waals surface area contributed by atoms with Gasteiger partial charge in [-0.1, -0.05) is 20.8 Å². The molecule has 1 fully saturated rings. The highest BCUT2D eigenvalue weighted by atomic mass is 16.3. The average Bonchev–Trinajstić information content (AvgIpc) is 2.86. The zero-order chi connectivity index (χ0) is 16.4. The van der Waals surface area contributed by atoms with Gasteiger partial charge in [-0.2, -0.15) is 0 Å². The first-order chi connectivity index (χ1) is 10.3. The maximum Gasteiger partial charge on any atom is 0.257 e. The van der Waals surface area contributed by atoms with Crippen LogP contribution < -0.4 is 0 Å². The third-order valence-corrected chi connectivity index (χ3v) is 4.44. The fraction of sp³-hybridized carbons (Fsp3) is 0.706. The number of hydrogen-bond acceptors (Lipinski definition) is 4. The molecule has 22 heavy (non-hydrogen) atoms. The third kappa shape index (κ3) is 3.46. The van der Waals surface area contributed by atoms with Gasteiger partial charge in [-0.25, -0.2) is 9.97 Å². The van der Waals surface area contributed by atoms with Crippen LogP contribution in [0.4, 0.5) is 0 Å². The first-order valence-corrected chi connectivity index (χ1v) is 8.03. The van der Waals surface area contributed by atoms with Crippen LogP contribution in [0.2, 0.25) is 0 Å². The second-order valence-electron chi connectivity index (χ2n) is 7.43. The Hall–Kier alpha value is -1.49. The van der Waals surface area contributed by atoms with Gasteiger partial charge in [-0.05, 0) is 32.6 Å². The third-order valence-electron chi connectivity index (χ3n) is 4.44. The van der Waals surface area contributed by atoms with Crippen molar-refractivity contribution in [2.75, 3.05) is 13.2 Å². The minimum absolute atomic E-state index is 0.00148. The minimum Gasteiger partial charge on any atom is -0.396 e. The molecule has 1 aliphatic heterocycles. The molecule has 1 saturated heterocycles. The summed E-state index contributed by atoms with van der Waals surface area (Å²) in [5.74, 6) is 0.743. The van der Waals surface area contributed by atoms with Gasteiger partial charge in [0, 0.05) is 36.5 Å². The van der Waals surface area contributed by atoms with Crippen molar-refractivity contribution >= 4 is 5.91 Å². The highest BCUT2D eigenvalue weighted by Gasteiger charge is 2.39. The molecular weight excluding hydrogens is 278 g/mol. The molecule has 1 amide bonds. The zero-order valence-electron chi connectivity index (χ0n) is 14.1. The first-order valence-electron chi connectivity index (χ1n) is 8.03. The van der Waals surface area contributed by atoms with Crippen molar-refractivity contribution in [1.82, 2.24) is 14.9 Å². The van der Waals surface area contributed by atoms with E-state index < -0.39 is 0 Å². The lowest BCUT2D eigenvalue weighted by Gasteiger charge is -2.35. The topological polar surface area (TPSA) is 66.3 Å². The molecular formula is C17H27N3O2. The van der Waals surface area contributed by atoms with Gasteiger partial charge in [0.2, 0.25) is 0 Å². The second-order valence-corrected chi connectivity index (χ2v) is 7.43. The van der Waals surface area contributed by atoms with Gasteiger partial charge < -0.3 is 10.0 Å². The molecule has 1 N–H and O–H groups in total. The molecule has 2 rings (SSSR count). The van der Waals surface area contributed by atoms with Crippen molar-refractivity contribution < 1.29 is 9.90 Å². The highest BCUT2D eigenvalue weighted by molar-refractivity contribution is 5.94. The molecule has 1 aromatic rings. The molecule has 0 saturated carbocycles. The Bertz CT molecular complexity index is 522. The monoisotopic (exact) mass is 305 g/mol. The van der Waals surface area contributed by atoms with Gasteiger partial charge in [0.15, 0.2) is 0 Å². The van der Waals surface area contributed by atoms with E-state index in [9.17, 15) is 4.79 Å². The van der Waals surface area contributed by atoms with Crippen LogP contribution in [0.5, 0.6) is 0 Å². The van der Waals surface area contributed by atoms with E-state index >= 15 is 0 Å². The quantitative estimate of drug-likeness (QED) is 0.928. The predicted molar refractivity (Wildman–Crippen MR) is 85.7 cm³/mol. The SMILES string of the molecule is CC(C)(C)c1ncc(C(=O)N2CCCC2(C)CCCO)cn1. The first kappa shape index (κ1) is 16.9. The molecule has 5 heteroatoms. The number of aromatic nitrogens is 2. The summed E-state index contributed by atoms with van der Waals surface area (Å²) in [7, 11) is 0. The van der Waals surface area contributed by atoms with Gasteiger partial charge in [0.1, 0.15) is 5.82 Å². The number of likely N-dealkylation sites (tertiary alicyclic amines) is 1. The Labute approximate surface area is 132 Å². The van der Waals surface area contributed by atoms with Crippen molar-refractivity contribution in [3.8, 4) is 0 Å². The highest BCUT2D eigenvalue weighted by Crippen LogP contribution is 2.34. The summed E-state index contributed by atoms with van der Waals surface area (Å²) in [4.78, 5) is 23.4. The summed E-state index contributed by atoms with van der Waals surface area (Å²) in [5, 5.41) is 9.07. The van der Waals surface area contributed by atoms with E-state index in [1.54, 1.807) is 12.4 Å². The van der Waals surface area contributed by atoms with E-state index in [2.05, 4.69) is 37.7 Å². The van der Waals surface area contributed by atoms with Crippen LogP contribution in [0, 0.1) is 0 Å². The number of carbonyl (C=O) groups excluding carboxylic acids is 1. The van der Waals surface area contributed by atoms with Gasteiger partial charge in [-0.3, -0.25) is 4.79 Å². The molecule has 1 atom stereocenters. The molecule has 0 aliphatic carbocycles. The Morgan fingerprint density at radius 1 is 1.36 bits per heavy atom. The fourth-order valence-corrected chi connectivity index (χ4v) is 3.07. The van der Waals surface area contributed by atoms with Crippen molar-refractivity contribution in [3.05, 3.63) is 23.8 Å². The van der Waals surface area contributed by atoms with Crippen LogP contribution in [-0.4, -0.2) is 44.6 Å². The van der Waals surface area contributed by atoms with Gasteiger partial charge in [0.25, 0.3) is 5.91 Å². The summed E-state index contributed by atoms with van der Waals surface area (Å²) in [5.41, 5.74) is 0.262. The molecule has 0 bridgehead atoms. The Morgan fingerprint density at radius 2 is 2.00 bits per heavy atom. The van der Waals surface area contributed by atoms with Crippen LogP contribution in [0.1, 0.15) is 69.6 Å². The predicted octanol–water partition coefficient (Wildman–Crippen LogP) is 2.54. The van der Waals surface area contributed by atoms with Crippen molar-refractivity contribution in [2.45, 2.75) is 64.3 Å².